The van der Waals surface area contributed by atoms with Gasteiger partial charge in [0.2, 0.25) is 11.0 Å². The maximum absolute atomic E-state index is 13.4. The quantitative estimate of drug-likeness (QED) is 0.128. The Balaban J connectivity index is 1.53. The van der Waals surface area contributed by atoms with Gasteiger partial charge in [-0.25, -0.2) is 0 Å². The van der Waals surface area contributed by atoms with Crippen LogP contribution in [-0.4, -0.2) is 33.2 Å². The molecule has 0 fully saturated rings. The van der Waals surface area contributed by atoms with Crippen molar-refractivity contribution in [3.05, 3.63) is 105 Å². The van der Waals surface area contributed by atoms with Gasteiger partial charge >= 0.3 is 0 Å². The van der Waals surface area contributed by atoms with E-state index < -0.39 is 17.1 Å². The van der Waals surface area contributed by atoms with E-state index in [1.807, 2.05) is 19.9 Å². The number of nitrogens with zero attached hydrogens (tertiary/aromatic N) is 2. The largest absolute Gasteiger partial charge is 0.321 e. The van der Waals surface area contributed by atoms with E-state index >= 15 is 0 Å². The Labute approximate surface area is 255 Å². The molecular weight excluding hydrogens is 601 g/mol. The summed E-state index contributed by atoms with van der Waals surface area (Å²) in [7, 11) is 0. The number of aromatic nitrogens is 2. The van der Waals surface area contributed by atoms with Crippen LogP contribution in [-0.2, 0) is 9.59 Å². The number of benzene rings is 3. The molecule has 1 heterocycles. The summed E-state index contributed by atoms with van der Waals surface area (Å²) in [6.07, 6.45) is 2.04. The number of thioether (sulfide) groups is 1. The normalized spacial score (nSPS) is 12.0. The Hall–Kier alpha value is -3.70. The molecule has 1 atom stereocenters. The number of carbonyl (C=O) groups is 3. The lowest BCUT2D eigenvalue weighted by Gasteiger charge is -2.15. The van der Waals surface area contributed by atoms with Gasteiger partial charge in [-0.15, -0.1) is 22.0 Å². The Morgan fingerprint density at radius 3 is 2.44 bits per heavy atom. The molecule has 1 aromatic heterocycles. The SMILES string of the molecule is CCC(Sc1cccc(NC(=O)/C(=C\c2cccc(Cl)c2Cl)NC(=O)c2ccccc2)c1)C(=O)Nc1nnc(C)s1. The average Bonchev–Trinajstić information content (AvgIpc) is 3.38. The summed E-state index contributed by atoms with van der Waals surface area (Å²) in [5.41, 5.74) is 1.30. The van der Waals surface area contributed by atoms with E-state index in [1.165, 1.54) is 29.2 Å². The lowest BCUT2D eigenvalue weighted by Crippen LogP contribution is -2.30. The molecule has 8 nitrogen and oxygen atoms in total. The minimum Gasteiger partial charge on any atom is -0.321 e. The van der Waals surface area contributed by atoms with Crippen LogP contribution in [0.1, 0.15) is 34.3 Å². The fraction of sp³-hybridized carbons (Fsp3) is 0.138. The molecule has 0 bridgehead atoms. The van der Waals surface area contributed by atoms with E-state index in [2.05, 4.69) is 26.1 Å². The summed E-state index contributed by atoms with van der Waals surface area (Å²) in [5, 5.41) is 17.6. The molecule has 0 spiro atoms. The highest BCUT2D eigenvalue weighted by molar-refractivity contribution is 8.00. The predicted octanol–water partition coefficient (Wildman–Crippen LogP) is 7.07. The van der Waals surface area contributed by atoms with Crippen LogP contribution in [0.15, 0.2) is 83.4 Å². The summed E-state index contributed by atoms with van der Waals surface area (Å²) in [6.45, 7) is 3.73. The molecule has 3 amide bonds. The van der Waals surface area contributed by atoms with Gasteiger partial charge in [0.15, 0.2) is 0 Å². The number of aryl methyl sites for hydroxylation is 1. The monoisotopic (exact) mass is 625 g/mol. The number of anilines is 2. The van der Waals surface area contributed by atoms with Gasteiger partial charge in [0, 0.05) is 16.1 Å². The highest BCUT2D eigenvalue weighted by atomic mass is 35.5. The van der Waals surface area contributed by atoms with Crippen LogP contribution < -0.4 is 16.0 Å². The van der Waals surface area contributed by atoms with Crippen LogP contribution >= 0.6 is 46.3 Å². The number of rotatable bonds is 10. The third kappa shape index (κ3) is 8.40. The van der Waals surface area contributed by atoms with E-state index in [1.54, 1.807) is 66.7 Å². The van der Waals surface area contributed by atoms with Crippen LogP contribution in [0.3, 0.4) is 0 Å². The molecule has 0 aliphatic carbocycles. The van der Waals surface area contributed by atoms with E-state index in [4.69, 9.17) is 23.2 Å². The van der Waals surface area contributed by atoms with E-state index in [-0.39, 0.29) is 16.6 Å². The molecule has 0 saturated heterocycles. The lowest BCUT2D eigenvalue weighted by atomic mass is 10.1. The third-order valence-corrected chi connectivity index (χ3v) is 8.55. The van der Waals surface area contributed by atoms with Gasteiger partial charge in [-0.05, 0) is 61.4 Å². The smallest absolute Gasteiger partial charge is 0.272 e. The van der Waals surface area contributed by atoms with Crippen LogP contribution in [0.5, 0.6) is 0 Å². The van der Waals surface area contributed by atoms with Gasteiger partial charge in [0.1, 0.15) is 10.7 Å². The molecule has 1 unspecified atom stereocenters. The molecule has 12 heteroatoms. The second-order valence-electron chi connectivity index (χ2n) is 8.63. The summed E-state index contributed by atoms with van der Waals surface area (Å²) in [4.78, 5) is 39.9. The minimum atomic E-state index is -0.566. The number of halogens is 2. The van der Waals surface area contributed by atoms with Crippen molar-refractivity contribution in [2.75, 3.05) is 10.6 Å². The van der Waals surface area contributed by atoms with Crippen molar-refractivity contribution in [3.63, 3.8) is 0 Å². The van der Waals surface area contributed by atoms with Gasteiger partial charge < -0.3 is 10.6 Å². The Kier molecular flexibility index (Phi) is 10.5. The average molecular weight is 627 g/mol. The maximum atomic E-state index is 13.4. The van der Waals surface area contributed by atoms with E-state index in [0.29, 0.717) is 33.4 Å². The van der Waals surface area contributed by atoms with Gasteiger partial charge in [0.05, 0.1) is 15.3 Å². The molecule has 0 saturated carbocycles. The Morgan fingerprint density at radius 1 is 0.976 bits per heavy atom. The fourth-order valence-corrected chi connectivity index (χ4v) is 5.57. The van der Waals surface area contributed by atoms with E-state index in [9.17, 15) is 14.4 Å². The second-order valence-corrected chi connectivity index (χ2v) is 11.9. The number of amides is 3. The van der Waals surface area contributed by atoms with Crippen LogP contribution in [0.25, 0.3) is 6.08 Å². The summed E-state index contributed by atoms with van der Waals surface area (Å²) in [6, 6.07) is 20.7. The summed E-state index contributed by atoms with van der Waals surface area (Å²) >= 11 is 15.2. The zero-order chi connectivity index (χ0) is 29.4. The van der Waals surface area contributed by atoms with Gasteiger partial charge in [-0.3, -0.25) is 19.7 Å². The van der Waals surface area contributed by atoms with Crippen LogP contribution in [0.4, 0.5) is 10.8 Å². The highest BCUT2D eigenvalue weighted by Crippen LogP contribution is 2.30. The number of nitrogens with one attached hydrogen (secondary N) is 3. The van der Waals surface area contributed by atoms with E-state index in [0.717, 1.165) is 9.90 Å². The predicted molar refractivity (Wildman–Crippen MR) is 167 cm³/mol. The Morgan fingerprint density at radius 2 is 1.73 bits per heavy atom. The maximum Gasteiger partial charge on any atom is 0.272 e. The molecular formula is C29H25Cl2N5O3S2. The Bertz CT molecular complexity index is 1590. The van der Waals surface area contributed by atoms with Gasteiger partial charge in [-0.1, -0.05) is 77.9 Å². The highest BCUT2D eigenvalue weighted by Gasteiger charge is 2.20. The first-order chi connectivity index (χ1) is 19.7. The minimum absolute atomic E-state index is 0.0285. The molecule has 3 N–H and O–H groups in total. The molecule has 0 aliphatic rings. The van der Waals surface area contributed by atoms with Crippen molar-refractivity contribution in [1.29, 1.82) is 0 Å². The second kappa shape index (κ2) is 14.3. The van der Waals surface area contributed by atoms with Crippen LogP contribution in [0, 0.1) is 6.92 Å². The first-order valence-corrected chi connectivity index (χ1v) is 14.9. The summed E-state index contributed by atoms with van der Waals surface area (Å²) < 4.78 is 0. The van der Waals surface area contributed by atoms with Gasteiger partial charge in [-0.2, -0.15) is 0 Å². The third-order valence-electron chi connectivity index (χ3n) is 5.60. The number of carbonyl (C=O) groups excluding carboxylic acids is 3. The van der Waals surface area contributed by atoms with Crippen molar-refractivity contribution >= 4 is 80.9 Å². The van der Waals surface area contributed by atoms with Crippen molar-refractivity contribution in [2.45, 2.75) is 30.4 Å². The number of hydrogen-bond donors (Lipinski definition) is 3. The van der Waals surface area contributed by atoms with Crippen molar-refractivity contribution in [3.8, 4) is 0 Å². The van der Waals surface area contributed by atoms with Crippen molar-refractivity contribution in [1.82, 2.24) is 15.5 Å². The zero-order valence-electron chi connectivity index (χ0n) is 22.0. The molecule has 0 aliphatic heterocycles. The first-order valence-electron chi connectivity index (χ1n) is 12.4. The fourth-order valence-electron chi connectivity index (χ4n) is 3.59. The van der Waals surface area contributed by atoms with Crippen molar-refractivity contribution in [2.24, 2.45) is 0 Å². The molecule has 4 aromatic rings. The first kappa shape index (κ1) is 30.3. The lowest BCUT2D eigenvalue weighted by molar-refractivity contribution is -0.116. The zero-order valence-corrected chi connectivity index (χ0v) is 25.1. The molecule has 0 radical (unpaired) electrons. The standard InChI is InChI=1S/C29H25Cl2N5O3S2/c1-3-24(28(39)34-29-36-35-17(2)40-29)41-21-13-8-12-20(16-21)32-27(38)23(15-19-11-7-14-22(30)25(19)31)33-26(37)18-9-5-4-6-10-18/h4-16,24H,3H2,1-2H3,(H,32,38)(H,33,37)(H,34,36,39)/b23-15+. The number of hydrogen-bond acceptors (Lipinski definition) is 7. The molecule has 3 aromatic carbocycles. The molecule has 210 valence electrons. The van der Waals surface area contributed by atoms with Gasteiger partial charge in [0.25, 0.3) is 11.8 Å². The van der Waals surface area contributed by atoms with Crippen molar-refractivity contribution < 1.29 is 14.4 Å². The molecule has 4 rings (SSSR count). The van der Waals surface area contributed by atoms with Crippen LogP contribution in [0.2, 0.25) is 10.0 Å². The summed E-state index contributed by atoms with van der Waals surface area (Å²) in [5.74, 6) is -1.21. The molecule has 41 heavy (non-hydrogen) atoms. The topological polar surface area (TPSA) is 113 Å².